The van der Waals surface area contributed by atoms with E-state index in [0.29, 0.717) is 0 Å². The highest BCUT2D eigenvalue weighted by Gasteiger charge is 2.14. The van der Waals surface area contributed by atoms with Crippen LogP contribution in [0.2, 0.25) is 0 Å². The number of rotatable bonds is 6. The first kappa shape index (κ1) is 12.9. The molecule has 3 heteroatoms. The molecule has 0 amide bonds. The van der Waals surface area contributed by atoms with E-state index in [-0.39, 0.29) is 0 Å². The summed E-state index contributed by atoms with van der Waals surface area (Å²) in [5.41, 5.74) is 0. The highest BCUT2D eigenvalue weighted by Crippen LogP contribution is 2.09. The lowest BCUT2D eigenvalue weighted by atomic mass is 10.1. The normalized spacial score (nSPS) is 20.8. The monoisotopic (exact) mass is 213 g/mol. The maximum Gasteiger partial charge on any atom is 0.0107 e. The number of nitrogens with zero attached hydrogens (tertiary/aromatic N) is 2. The average Bonchev–Trinajstić information content (AvgIpc) is 2.25. The molecule has 0 aliphatic carbocycles. The van der Waals surface area contributed by atoms with Crippen LogP contribution in [0.3, 0.4) is 0 Å². The van der Waals surface area contributed by atoms with Crippen molar-refractivity contribution < 1.29 is 0 Å². The fraction of sp³-hybridized carbons (Fsp3) is 1.00. The van der Waals surface area contributed by atoms with Gasteiger partial charge in [-0.15, -0.1) is 0 Å². The molecule has 1 rings (SSSR count). The zero-order chi connectivity index (χ0) is 11.1. The molecule has 1 atom stereocenters. The molecule has 1 aliphatic heterocycles. The van der Waals surface area contributed by atoms with Crippen LogP contribution in [0.1, 0.15) is 26.2 Å². The van der Waals surface area contributed by atoms with Gasteiger partial charge < -0.3 is 15.1 Å². The van der Waals surface area contributed by atoms with Crippen LogP contribution in [-0.4, -0.2) is 62.7 Å². The van der Waals surface area contributed by atoms with Gasteiger partial charge in [0.2, 0.25) is 0 Å². The standard InChI is InChI=1S/C12H27N3/c1-4-5-12(14(2)3)6-9-15-10-7-13-8-11-15/h12-13H,4-11H2,1-3H3. The van der Waals surface area contributed by atoms with E-state index in [1.165, 1.54) is 52.0 Å². The first-order valence-corrected chi connectivity index (χ1v) is 6.33. The molecule has 3 nitrogen and oxygen atoms in total. The average molecular weight is 213 g/mol. The molecule has 1 unspecified atom stereocenters. The van der Waals surface area contributed by atoms with E-state index in [1.54, 1.807) is 0 Å². The first-order valence-electron chi connectivity index (χ1n) is 6.33. The van der Waals surface area contributed by atoms with Gasteiger partial charge in [0.25, 0.3) is 0 Å². The van der Waals surface area contributed by atoms with Gasteiger partial charge in [-0.1, -0.05) is 13.3 Å². The van der Waals surface area contributed by atoms with Gasteiger partial charge in [0.05, 0.1) is 0 Å². The number of nitrogens with one attached hydrogen (secondary N) is 1. The minimum absolute atomic E-state index is 0.768. The molecule has 1 N–H and O–H groups in total. The third-order valence-corrected chi connectivity index (χ3v) is 3.34. The molecular formula is C12H27N3. The molecule has 1 saturated heterocycles. The smallest absolute Gasteiger partial charge is 0.0107 e. The van der Waals surface area contributed by atoms with Crippen LogP contribution in [0.4, 0.5) is 0 Å². The molecule has 0 bridgehead atoms. The Bertz CT molecular complexity index is 153. The molecule has 15 heavy (non-hydrogen) atoms. The summed E-state index contributed by atoms with van der Waals surface area (Å²) < 4.78 is 0. The summed E-state index contributed by atoms with van der Waals surface area (Å²) in [5, 5.41) is 3.40. The van der Waals surface area contributed by atoms with Crippen molar-refractivity contribution in [1.82, 2.24) is 15.1 Å². The van der Waals surface area contributed by atoms with Crippen molar-refractivity contribution in [3.05, 3.63) is 0 Å². The van der Waals surface area contributed by atoms with Gasteiger partial charge in [-0.25, -0.2) is 0 Å². The Morgan fingerprint density at radius 3 is 2.40 bits per heavy atom. The van der Waals surface area contributed by atoms with Gasteiger partial charge >= 0.3 is 0 Å². The summed E-state index contributed by atoms with van der Waals surface area (Å²) in [7, 11) is 4.41. The van der Waals surface area contributed by atoms with Crippen molar-refractivity contribution >= 4 is 0 Å². The number of hydrogen-bond donors (Lipinski definition) is 1. The van der Waals surface area contributed by atoms with Crippen molar-refractivity contribution in [2.75, 3.05) is 46.8 Å². The Morgan fingerprint density at radius 1 is 1.20 bits per heavy atom. The molecule has 0 radical (unpaired) electrons. The van der Waals surface area contributed by atoms with Crippen LogP contribution in [0.15, 0.2) is 0 Å². The van der Waals surface area contributed by atoms with Gasteiger partial charge in [0.1, 0.15) is 0 Å². The number of piperazine rings is 1. The van der Waals surface area contributed by atoms with Crippen molar-refractivity contribution in [2.24, 2.45) is 0 Å². The quantitative estimate of drug-likeness (QED) is 0.710. The van der Waals surface area contributed by atoms with Crippen LogP contribution >= 0.6 is 0 Å². The van der Waals surface area contributed by atoms with E-state index in [1.807, 2.05) is 0 Å². The number of hydrogen-bond acceptors (Lipinski definition) is 3. The largest absolute Gasteiger partial charge is 0.314 e. The summed E-state index contributed by atoms with van der Waals surface area (Å²) in [5.74, 6) is 0. The topological polar surface area (TPSA) is 18.5 Å². The second-order valence-corrected chi connectivity index (χ2v) is 4.79. The summed E-state index contributed by atoms with van der Waals surface area (Å²) in [4.78, 5) is 4.97. The molecule has 1 heterocycles. The van der Waals surface area contributed by atoms with Gasteiger partial charge in [-0.05, 0) is 33.5 Å². The summed E-state index contributed by atoms with van der Waals surface area (Å²) in [6, 6.07) is 0.768. The predicted octanol–water partition coefficient (Wildman–Crippen LogP) is 1.01. The molecule has 0 spiro atoms. The van der Waals surface area contributed by atoms with Crippen molar-refractivity contribution in [1.29, 1.82) is 0 Å². The SMILES string of the molecule is CCCC(CCN1CCNCC1)N(C)C. The predicted molar refractivity (Wildman–Crippen MR) is 66.3 cm³/mol. The van der Waals surface area contributed by atoms with Crippen molar-refractivity contribution in [3.8, 4) is 0 Å². The lowest BCUT2D eigenvalue weighted by Gasteiger charge is -2.30. The minimum atomic E-state index is 0.768. The van der Waals surface area contributed by atoms with Gasteiger partial charge in [0.15, 0.2) is 0 Å². The molecule has 1 fully saturated rings. The fourth-order valence-electron chi connectivity index (χ4n) is 2.26. The van der Waals surface area contributed by atoms with E-state index in [0.717, 1.165) is 6.04 Å². The van der Waals surface area contributed by atoms with Gasteiger partial charge in [-0.3, -0.25) is 0 Å². The van der Waals surface area contributed by atoms with Crippen LogP contribution in [-0.2, 0) is 0 Å². The van der Waals surface area contributed by atoms with Crippen molar-refractivity contribution in [3.63, 3.8) is 0 Å². The lowest BCUT2D eigenvalue weighted by Crippen LogP contribution is -2.45. The Morgan fingerprint density at radius 2 is 1.87 bits per heavy atom. The summed E-state index contributed by atoms with van der Waals surface area (Å²) in [6.45, 7) is 8.34. The zero-order valence-electron chi connectivity index (χ0n) is 10.6. The second-order valence-electron chi connectivity index (χ2n) is 4.79. The Hall–Kier alpha value is -0.120. The fourth-order valence-corrected chi connectivity index (χ4v) is 2.26. The summed E-state index contributed by atoms with van der Waals surface area (Å²) in [6.07, 6.45) is 3.95. The second kappa shape index (κ2) is 7.20. The Labute approximate surface area is 94.8 Å². The molecular weight excluding hydrogens is 186 g/mol. The highest BCUT2D eigenvalue weighted by atomic mass is 15.2. The van der Waals surface area contributed by atoms with E-state index < -0.39 is 0 Å². The molecule has 0 saturated carbocycles. The Kier molecular flexibility index (Phi) is 6.22. The highest BCUT2D eigenvalue weighted by molar-refractivity contribution is 4.72. The van der Waals surface area contributed by atoms with Gasteiger partial charge in [0, 0.05) is 32.2 Å². The minimum Gasteiger partial charge on any atom is -0.314 e. The molecule has 0 aromatic rings. The van der Waals surface area contributed by atoms with Crippen molar-refractivity contribution in [2.45, 2.75) is 32.2 Å². The molecule has 90 valence electrons. The molecule has 0 aromatic carbocycles. The van der Waals surface area contributed by atoms with Crippen LogP contribution in [0.5, 0.6) is 0 Å². The third-order valence-electron chi connectivity index (χ3n) is 3.34. The maximum atomic E-state index is 3.40. The lowest BCUT2D eigenvalue weighted by molar-refractivity contribution is 0.192. The van der Waals surface area contributed by atoms with Crippen LogP contribution in [0.25, 0.3) is 0 Å². The zero-order valence-corrected chi connectivity index (χ0v) is 10.6. The van der Waals surface area contributed by atoms with E-state index in [9.17, 15) is 0 Å². The Balaban J connectivity index is 2.19. The third kappa shape index (κ3) is 4.96. The van der Waals surface area contributed by atoms with E-state index in [2.05, 4.69) is 36.1 Å². The van der Waals surface area contributed by atoms with Crippen LogP contribution in [0, 0.1) is 0 Å². The van der Waals surface area contributed by atoms with E-state index in [4.69, 9.17) is 0 Å². The molecule has 1 aliphatic rings. The summed E-state index contributed by atoms with van der Waals surface area (Å²) >= 11 is 0. The van der Waals surface area contributed by atoms with E-state index >= 15 is 0 Å². The maximum absolute atomic E-state index is 3.40. The van der Waals surface area contributed by atoms with Gasteiger partial charge in [-0.2, -0.15) is 0 Å². The molecule has 0 aromatic heterocycles. The first-order chi connectivity index (χ1) is 7.24. The van der Waals surface area contributed by atoms with Crippen LogP contribution < -0.4 is 5.32 Å².